The van der Waals surface area contributed by atoms with Gasteiger partial charge in [0.15, 0.2) is 0 Å². The molecule has 1 saturated carbocycles. The number of rotatable bonds is 6. The highest BCUT2D eigenvalue weighted by Gasteiger charge is 2.48. The summed E-state index contributed by atoms with van der Waals surface area (Å²) in [5.74, 6) is 0.768. The number of nitrogens with zero attached hydrogens (tertiary/aromatic N) is 1. The van der Waals surface area contributed by atoms with E-state index in [4.69, 9.17) is 4.74 Å². The highest BCUT2D eigenvalue weighted by atomic mass is 16.5. The Balaban J connectivity index is 1.93. The van der Waals surface area contributed by atoms with Crippen molar-refractivity contribution in [3.63, 3.8) is 0 Å². The molecule has 1 aliphatic heterocycles. The Bertz CT molecular complexity index is 299. The molecule has 18 heavy (non-hydrogen) atoms. The Kier molecular flexibility index (Phi) is 4.18. The average Bonchev–Trinajstić information content (AvgIpc) is 2.94. The van der Waals surface area contributed by atoms with Crippen molar-refractivity contribution < 1.29 is 4.74 Å². The van der Waals surface area contributed by atoms with Crippen LogP contribution in [0.1, 0.15) is 47.0 Å². The lowest BCUT2D eigenvalue weighted by Gasteiger charge is -2.42. The molecule has 1 aliphatic carbocycles. The first-order chi connectivity index (χ1) is 8.49. The van der Waals surface area contributed by atoms with Crippen molar-refractivity contribution in [2.75, 3.05) is 13.2 Å². The van der Waals surface area contributed by atoms with E-state index in [1.54, 1.807) is 0 Å². The molecule has 0 aromatic heterocycles. The third-order valence-corrected chi connectivity index (χ3v) is 5.16. The van der Waals surface area contributed by atoms with Crippen molar-refractivity contribution >= 4 is 0 Å². The monoisotopic (exact) mass is 251 g/mol. The van der Waals surface area contributed by atoms with Crippen LogP contribution < -0.4 is 0 Å². The van der Waals surface area contributed by atoms with Crippen LogP contribution in [0.5, 0.6) is 0 Å². The standard InChI is InChI=1S/C16H29NO/c1-6-8-18-15-10-14-9-13(15)11-17(14)12(3)16(4,5)7-2/h7,12-15H,2,6,8-11H2,1,3-5H3/t12-,13+,14+,15-/m1/s1. The molecule has 1 saturated heterocycles. The second kappa shape index (κ2) is 5.34. The fourth-order valence-electron chi connectivity index (χ4n) is 3.49. The lowest BCUT2D eigenvalue weighted by molar-refractivity contribution is -0.0158. The molecule has 0 aromatic carbocycles. The molecule has 2 bridgehead atoms. The van der Waals surface area contributed by atoms with Gasteiger partial charge in [-0.05, 0) is 37.5 Å². The third-order valence-electron chi connectivity index (χ3n) is 5.16. The summed E-state index contributed by atoms with van der Waals surface area (Å²) in [6, 6.07) is 1.32. The largest absolute Gasteiger partial charge is 0.378 e. The van der Waals surface area contributed by atoms with Gasteiger partial charge in [-0.3, -0.25) is 4.90 Å². The van der Waals surface area contributed by atoms with Crippen LogP contribution in [0.3, 0.4) is 0 Å². The highest BCUT2D eigenvalue weighted by Crippen LogP contribution is 2.43. The van der Waals surface area contributed by atoms with Gasteiger partial charge < -0.3 is 4.74 Å². The molecule has 0 spiro atoms. The van der Waals surface area contributed by atoms with Gasteiger partial charge in [-0.25, -0.2) is 0 Å². The number of likely N-dealkylation sites (tertiary alicyclic amines) is 1. The molecule has 0 N–H and O–H groups in total. The molecular weight excluding hydrogens is 222 g/mol. The molecule has 2 aliphatic rings. The molecule has 4 atom stereocenters. The molecule has 2 nitrogen and oxygen atoms in total. The Morgan fingerprint density at radius 2 is 2.17 bits per heavy atom. The van der Waals surface area contributed by atoms with Crippen LogP contribution in [0.4, 0.5) is 0 Å². The highest BCUT2D eigenvalue weighted by molar-refractivity contribution is 5.05. The van der Waals surface area contributed by atoms with Crippen molar-refractivity contribution in [3.05, 3.63) is 12.7 Å². The van der Waals surface area contributed by atoms with Gasteiger partial charge in [0.25, 0.3) is 0 Å². The van der Waals surface area contributed by atoms with Crippen molar-refractivity contribution in [1.29, 1.82) is 0 Å². The smallest absolute Gasteiger partial charge is 0.0631 e. The Hall–Kier alpha value is -0.340. The summed E-state index contributed by atoms with van der Waals surface area (Å²) >= 11 is 0. The molecule has 2 rings (SSSR count). The Morgan fingerprint density at radius 3 is 2.67 bits per heavy atom. The van der Waals surface area contributed by atoms with E-state index in [1.165, 1.54) is 19.4 Å². The van der Waals surface area contributed by atoms with Gasteiger partial charge in [0, 0.05) is 25.2 Å². The minimum atomic E-state index is 0.199. The lowest BCUT2D eigenvalue weighted by atomic mass is 9.83. The number of ether oxygens (including phenoxy) is 1. The van der Waals surface area contributed by atoms with Crippen molar-refractivity contribution in [2.24, 2.45) is 11.3 Å². The maximum Gasteiger partial charge on any atom is 0.0631 e. The first kappa shape index (κ1) is 14.1. The molecule has 0 radical (unpaired) electrons. The van der Waals surface area contributed by atoms with Gasteiger partial charge >= 0.3 is 0 Å². The molecule has 2 fully saturated rings. The zero-order valence-corrected chi connectivity index (χ0v) is 12.5. The van der Waals surface area contributed by atoms with E-state index in [0.717, 1.165) is 25.0 Å². The normalized spacial score (nSPS) is 33.9. The number of hydrogen-bond acceptors (Lipinski definition) is 2. The van der Waals surface area contributed by atoms with Gasteiger partial charge in [0.2, 0.25) is 0 Å². The van der Waals surface area contributed by atoms with Crippen LogP contribution in [-0.4, -0.2) is 36.2 Å². The van der Waals surface area contributed by atoms with E-state index in [9.17, 15) is 0 Å². The topological polar surface area (TPSA) is 12.5 Å². The number of fused-ring (bicyclic) bond motifs is 2. The first-order valence-corrected chi connectivity index (χ1v) is 7.50. The summed E-state index contributed by atoms with van der Waals surface area (Å²) in [5, 5.41) is 0. The molecular formula is C16H29NO. The summed E-state index contributed by atoms with van der Waals surface area (Å²) < 4.78 is 5.98. The summed E-state index contributed by atoms with van der Waals surface area (Å²) in [4.78, 5) is 2.69. The number of piperidine rings is 1. The van der Waals surface area contributed by atoms with Crippen LogP contribution in [0, 0.1) is 11.3 Å². The molecule has 104 valence electrons. The molecule has 1 heterocycles. The zero-order chi connectivity index (χ0) is 13.3. The lowest BCUT2D eigenvalue weighted by Crippen LogP contribution is -2.48. The van der Waals surface area contributed by atoms with Crippen molar-refractivity contribution in [1.82, 2.24) is 4.90 Å². The fraction of sp³-hybridized carbons (Fsp3) is 0.875. The summed E-state index contributed by atoms with van der Waals surface area (Å²) in [5.41, 5.74) is 0.199. The van der Waals surface area contributed by atoms with Crippen molar-refractivity contribution in [2.45, 2.75) is 65.1 Å². The molecule has 0 unspecified atom stereocenters. The van der Waals surface area contributed by atoms with Crippen LogP contribution in [0.25, 0.3) is 0 Å². The first-order valence-electron chi connectivity index (χ1n) is 7.50. The van der Waals surface area contributed by atoms with Crippen LogP contribution >= 0.6 is 0 Å². The maximum absolute atomic E-state index is 5.98. The van der Waals surface area contributed by atoms with Gasteiger partial charge in [-0.1, -0.05) is 26.8 Å². The molecule has 0 aromatic rings. The second-order valence-corrected chi connectivity index (χ2v) is 6.69. The van der Waals surface area contributed by atoms with E-state index in [1.807, 2.05) is 0 Å². The van der Waals surface area contributed by atoms with E-state index in [-0.39, 0.29) is 5.41 Å². The minimum absolute atomic E-state index is 0.199. The summed E-state index contributed by atoms with van der Waals surface area (Å²) in [6.45, 7) is 15.3. The van der Waals surface area contributed by atoms with Crippen LogP contribution in [0.15, 0.2) is 12.7 Å². The van der Waals surface area contributed by atoms with E-state index in [2.05, 4.69) is 45.2 Å². The zero-order valence-electron chi connectivity index (χ0n) is 12.5. The molecule has 2 heteroatoms. The van der Waals surface area contributed by atoms with Gasteiger partial charge in [0.05, 0.1) is 6.10 Å². The molecule has 0 amide bonds. The third kappa shape index (κ3) is 2.50. The maximum atomic E-state index is 5.98. The SMILES string of the molecule is C=CC(C)(C)[C@@H](C)N1C[C@@H]2C[C@H]1C[C@H]2OCCC. The fourth-order valence-corrected chi connectivity index (χ4v) is 3.49. The van der Waals surface area contributed by atoms with Crippen LogP contribution in [-0.2, 0) is 4.74 Å². The van der Waals surface area contributed by atoms with E-state index >= 15 is 0 Å². The minimum Gasteiger partial charge on any atom is -0.378 e. The van der Waals surface area contributed by atoms with E-state index < -0.39 is 0 Å². The second-order valence-electron chi connectivity index (χ2n) is 6.69. The van der Waals surface area contributed by atoms with Gasteiger partial charge in [0.1, 0.15) is 0 Å². The number of hydrogen-bond donors (Lipinski definition) is 0. The average molecular weight is 251 g/mol. The summed E-state index contributed by atoms with van der Waals surface area (Å²) in [7, 11) is 0. The quantitative estimate of drug-likeness (QED) is 0.670. The van der Waals surface area contributed by atoms with Gasteiger partial charge in [-0.15, -0.1) is 6.58 Å². The Morgan fingerprint density at radius 1 is 1.44 bits per heavy atom. The van der Waals surface area contributed by atoms with Gasteiger partial charge in [-0.2, -0.15) is 0 Å². The summed E-state index contributed by atoms with van der Waals surface area (Å²) in [6.07, 6.45) is 6.35. The predicted octanol–water partition coefficient (Wildman–Crippen LogP) is 3.48. The Labute approximate surface area is 112 Å². The van der Waals surface area contributed by atoms with Crippen molar-refractivity contribution in [3.8, 4) is 0 Å². The van der Waals surface area contributed by atoms with E-state index in [0.29, 0.717) is 12.1 Å². The van der Waals surface area contributed by atoms with Crippen LogP contribution in [0.2, 0.25) is 0 Å². The predicted molar refractivity (Wildman–Crippen MR) is 76.7 cm³/mol.